The van der Waals surface area contributed by atoms with Crippen LogP contribution in [0.1, 0.15) is 28.8 Å². The summed E-state index contributed by atoms with van der Waals surface area (Å²) in [5, 5.41) is 4.93. The van der Waals surface area contributed by atoms with E-state index in [1.807, 2.05) is 0 Å². The van der Waals surface area contributed by atoms with E-state index < -0.39 is 35.1 Å². The monoisotopic (exact) mass is 304 g/mol. The molecular formula is C13H12F4N2O2. The maximum atomic E-state index is 13.8. The first-order valence-electron chi connectivity index (χ1n) is 6.22. The molecule has 1 unspecified atom stereocenters. The number of rotatable bonds is 2. The molecule has 1 fully saturated rings. The summed E-state index contributed by atoms with van der Waals surface area (Å²) in [6, 6.07) is 2.11. The predicted molar refractivity (Wildman–Crippen MR) is 64.9 cm³/mol. The van der Waals surface area contributed by atoms with E-state index in [-0.39, 0.29) is 18.9 Å². The molecule has 1 saturated heterocycles. The van der Waals surface area contributed by atoms with Crippen LogP contribution in [0.4, 0.5) is 17.6 Å². The molecule has 1 aliphatic heterocycles. The van der Waals surface area contributed by atoms with Gasteiger partial charge in [0.15, 0.2) is 0 Å². The summed E-state index contributed by atoms with van der Waals surface area (Å²) in [5.41, 5.74) is -2.14. The van der Waals surface area contributed by atoms with Gasteiger partial charge in [0.2, 0.25) is 5.91 Å². The molecule has 0 aliphatic carbocycles. The number of amides is 2. The normalized spacial score (nSPS) is 19.0. The van der Waals surface area contributed by atoms with Gasteiger partial charge >= 0.3 is 6.18 Å². The Bertz CT molecular complexity index is 562. The lowest BCUT2D eigenvalue weighted by molar-refractivity contribution is -0.140. The van der Waals surface area contributed by atoms with Gasteiger partial charge in [-0.25, -0.2) is 4.39 Å². The molecule has 1 aromatic rings. The van der Waals surface area contributed by atoms with Gasteiger partial charge in [0.05, 0.1) is 11.1 Å². The van der Waals surface area contributed by atoms with Crippen molar-refractivity contribution in [1.82, 2.24) is 10.6 Å². The van der Waals surface area contributed by atoms with Gasteiger partial charge in [-0.15, -0.1) is 0 Å². The maximum absolute atomic E-state index is 13.8. The average molecular weight is 304 g/mol. The van der Waals surface area contributed by atoms with Crippen LogP contribution in [0.5, 0.6) is 0 Å². The van der Waals surface area contributed by atoms with Crippen LogP contribution in [-0.2, 0) is 11.0 Å². The molecule has 1 heterocycles. The van der Waals surface area contributed by atoms with Crippen LogP contribution in [-0.4, -0.2) is 24.4 Å². The van der Waals surface area contributed by atoms with E-state index in [9.17, 15) is 27.2 Å². The van der Waals surface area contributed by atoms with E-state index in [2.05, 4.69) is 10.6 Å². The zero-order valence-corrected chi connectivity index (χ0v) is 10.8. The number of carbonyl (C=O) groups excluding carboxylic acids is 2. The fourth-order valence-electron chi connectivity index (χ4n) is 2.05. The molecule has 0 radical (unpaired) electrons. The van der Waals surface area contributed by atoms with E-state index in [1.54, 1.807) is 0 Å². The molecule has 0 bridgehead atoms. The third kappa shape index (κ3) is 3.50. The highest BCUT2D eigenvalue weighted by molar-refractivity contribution is 5.95. The van der Waals surface area contributed by atoms with Crippen molar-refractivity contribution in [3.05, 3.63) is 35.1 Å². The zero-order valence-electron chi connectivity index (χ0n) is 10.8. The number of alkyl halides is 3. The van der Waals surface area contributed by atoms with Gasteiger partial charge < -0.3 is 10.6 Å². The minimum Gasteiger partial charge on any atom is -0.354 e. The summed E-state index contributed by atoms with van der Waals surface area (Å²) in [4.78, 5) is 22.8. The van der Waals surface area contributed by atoms with Gasteiger partial charge in [-0.2, -0.15) is 13.2 Å². The molecule has 2 N–H and O–H groups in total. The van der Waals surface area contributed by atoms with Crippen molar-refractivity contribution in [1.29, 1.82) is 0 Å². The molecule has 0 aromatic heterocycles. The number of halogens is 4. The van der Waals surface area contributed by atoms with Crippen molar-refractivity contribution < 1.29 is 27.2 Å². The fourth-order valence-corrected chi connectivity index (χ4v) is 2.05. The molecule has 4 nitrogen and oxygen atoms in total. The Morgan fingerprint density at radius 1 is 1.33 bits per heavy atom. The predicted octanol–water partition coefficient (Wildman–Crippen LogP) is 1.85. The van der Waals surface area contributed by atoms with Crippen molar-refractivity contribution in [3.63, 3.8) is 0 Å². The number of hydrogen-bond acceptors (Lipinski definition) is 2. The minimum absolute atomic E-state index is 0.161. The Labute approximate surface area is 117 Å². The van der Waals surface area contributed by atoms with Crippen LogP contribution in [0.3, 0.4) is 0 Å². The molecule has 2 rings (SSSR count). The van der Waals surface area contributed by atoms with Gasteiger partial charge in [0, 0.05) is 19.0 Å². The van der Waals surface area contributed by atoms with Crippen molar-refractivity contribution in [2.45, 2.75) is 25.1 Å². The Balaban J connectivity index is 2.14. The number of carbonyl (C=O) groups is 2. The van der Waals surface area contributed by atoms with Crippen LogP contribution in [0.2, 0.25) is 0 Å². The topological polar surface area (TPSA) is 58.2 Å². The number of nitrogens with one attached hydrogen (secondary N) is 2. The standard InChI is InChI=1S/C13H12F4N2O2/c14-11-8(2-1-3-9(11)13(15,16)17)12(21)19-7-4-5-10(20)18-6-7/h1-3,7H,4-6H2,(H,18,20)(H,19,21). The Morgan fingerprint density at radius 3 is 2.62 bits per heavy atom. The molecule has 21 heavy (non-hydrogen) atoms. The minimum atomic E-state index is -4.86. The van der Waals surface area contributed by atoms with Crippen molar-refractivity contribution in [2.75, 3.05) is 6.54 Å². The van der Waals surface area contributed by atoms with Gasteiger partial charge in [-0.05, 0) is 18.6 Å². The van der Waals surface area contributed by atoms with E-state index in [4.69, 9.17) is 0 Å². The van der Waals surface area contributed by atoms with E-state index in [0.29, 0.717) is 12.5 Å². The van der Waals surface area contributed by atoms with Gasteiger partial charge in [0.25, 0.3) is 5.91 Å². The first kappa shape index (κ1) is 15.3. The zero-order chi connectivity index (χ0) is 15.6. The Kier molecular flexibility index (Phi) is 4.15. The first-order valence-corrected chi connectivity index (χ1v) is 6.22. The smallest absolute Gasteiger partial charge is 0.354 e. The summed E-state index contributed by atoms with van der Waals surface area (Å²) < 4.78 is 51.5. The molecule has 8 heteroatoms. The highest BCUT2D eigenvalue weighted by atomic mass is 19.4. The number of benzene rings is 1. The Morgan fingerprint density at radius 2 is 2.05 bits per heavy atom. The second kappa shape index (κ2) is 5.71. The van der Waals surface area contributed by atoms with Crippen molar-refractivity contribution in [3.8, 4) is 0 Å². The van der Waals surface area contributed by atoms with Crippen LogP contribution < -0.4 is 10.6 Å². The molecule has 0 saturated carbocycles. The molecular weight excluding hydrogens is 292 g/mol. The van der Waals surface area contributed by atoms with Gasteiger partial charge in [-0.3, -0.25) is 9.59 Å². The van der Waals surface area contributed by atoms with Gasteiger partial charge in [-0.1, -0.05) is 6.07 Å². The first-order chi connectivity index (χ1) is 9.79. The number of hydrogen-bond donors (Lipinski definition) is 2. The second-order valence-electron chi connectivity index (χ2n) is 4.68. The SMILES string of the molecule is O=C1CCC(NC(=O)c2cccc(C(F)(F)F)c2F)CN1. The summed E-state index contributed by atoms with van der Waals surface area (Å²) in [5.74, 6) is -2.69. The van der Waals surface area contributed by atoms with Crippen molar-refractivity contribution in [2.24, 2.45) is 0 Å². The molecule has 0 spiro atoms. The quantitative estimate of drug-likeness (QED) is 0.819. The molecule has 1 aromatic carbocycles. The second-order valence-corrected chi connectivity index (χ2v) is 4.68. The molecule has 1 aliphatic rings. The summed E-state index contributed by atoms with van der Waals surface area (Å²) in [6.07, 6.45) is -4.30. The lowest BCUT2D eigenvalue weighted by Gasteiger charge is -2.23. The summed E-state index contributed by atoms with van der Waals surface area (Å²) in [7, 11) is 0. The third-order valence-electron chi connectivity index (χ3n) is 3.15. The molecule has 1 atom stereocenters. The fraction of sp³-hybridized carbons (Fsp3) is 0.385. The highest BCUT2D eigenvalue weighted by Crippen LogP contribution is 2.32. The largest absolute Gasteiger partial charge is 0.419 e. The summed E-state index contributed by atoms with van der Waals surface area (Å²) in [6.45, 7) is 0.172. The van der Waals surface area contributed by atoms with E-state index in [1.165, 1.54) is 0 Å². The van der Waals surface area contributed by atoms with E-state index >= 15 is 0 Å². The van der Waals surface area contributed by atoms with E-state index in [0.717, 1.165) is 12.1 Å². The van der Waals surface area contributed by atoms with Crippen LogP contribution >= 0.6 is 0 Å². The van der Waals surface area contributed by atoms with Gasteiger partial charge in [0.1, 0.15) is 5.82 Å². The molecule has 114 valence electrons. The summed E-state index contributed by atoms with van der Waals surface area (Å²) >= 11 is 0. The molecule has 2 amide bonds. The third-order valence-corrected chi connectivity index (χ3v) is 3.15. The maximum Gasteiger partial charge on any atom is 0.419 e. The van der Waals surface area contributed by atoms with Crippen LogP contribution in [0.15, 0.2) is 18.2 Å². The average Bonchev–Trinajstić information content (AvgIpc) is 2.40. The lowest BCUT2D eigenvalue weighted by atomic mass is 10.0. The lowest BCUT2D eigenvalue weighted by Crippen LogP contribution is -2.47. The van der Waals surface area contributed by atoms with Crippen LogP contribution in [0, 0.1) is 5.82 Å². The van der Waals surface area contributed by atoms with Crippen molar-refractivity contribution >= 4 is 11.8 Å². The van der Waals surface area contributed by atoms with Crippen LogP contribution in [0.25, 0.3) is 0 Å². The highest BCUT2D eigenvalue weighted by Gasteiger charge is 2.36. The number of piperidine rings is 1. The Hall–Kier alpha value is -2.12.